The summed E-state index contributed by atoms with van der Waals surface area (Å²) in [7, 11) is 0. The number of pyridine rings is 2. The number of ether oxygens (including phenoxy) is 1. The smallest absolute Gasteiger partial charge is 0.246 e. The van der Waals surface area contributed by atoms with Crippen LogP contribution in [0.25, 0.3) is 11.3 Å². The molecule has 9 nitrogen and oxygen atoms in total. The van der Waals surface area contributed by atoms with E-state index in [1.807, 2.05) is 44.7 Å². The Morgan fingerprint density at radius 3 is 2.73 bits per heavy atom. The Hall–Kier alpha value is -4.31. The number of fused-ring (bicyclic) bond motifs is 5. The van der Waals surface area contributed by atoms with E-state index in [4.69, 9.17) is 14.7 Å². The van der Waals surface area contributed by atoms with Gasteiger partial charge in [0.25, 0.3) is 0 Å². The zero-order valence-electron chi connectivity index (χ0n) is 22.9. The van der Waals surface area contributed by atoms with Crippen LogP contribution in [0.15, 0.2) is 54.2 Å². The Bertz CT molecular complexity index is 1550. The number of hydrogen-bond donors (Lipinski definition) is 1. The van der Waals surface area contributed by atoms with Crippen molar-refractivity contribution in [3.63, 3.8) is 0 Å². The van der Waals surface area contributed by atoms with Crippen molar-refractivity contribution in [2.24, 2.45) is 4.99 Å². The van der Waals surface area contributed by atoms with E-state index >= 15 is 4.39 Å². The van der Waals surface area contributed by atoms with Crippen LogP contribution in [0.2, 0.25) is 0 Å². The molecule has 0 aliphatic carbocycles. The molecule has 0 saturated carbocycles. The van der Waals surface area contributed by atoms with Gasteiger partial charge in [-0.25, -0.2) is 14.4 Å². The van der Waals surface area contributed by atoms with Gasteiger partial charge in [0, 0.05) is 37.4 Å². The van der Waals surface area contributed by atoms with Crippen LogP contribution >= 0.6 is 0 Å². The molecule has 0 bridgehead atoms. The number of anilines is 2. The SMILES string of the molecule is C=CC(=O)N1CCN(C2=NC3OC(C)c4nccc(C)c4N3c3nc(-c4c(C)cccc4O)c(F)cc32)[C@@H](C)C1. The number of phenolic OH excluding ortho intramolecular Hbond substituents is 1. The summed E-state index contributed by atoms with van der Waals surface area (Å²) in [5.74, 6) is 0.278. The van der Waals surface area contributed by atoms with Gasteiger partial charge in [0.05, 0.1) is 16.9 Å². The van der Waals surface area contributed by atoms with Crippen LogP contribution in [0, 0.1) is 19.7 Å². The maximum atomic E-state index is 16.0. The molecule has 1 fully saturated rings. The first-order chi connectivity index (χ1) is 19.2. The van der Waals surface area contributed by atoms with Gasteiger partial charge in [-0.05, 0) is 63.1 Å². The lowest BCUT2D eigenvalue weighted by Gasteiger charge is -2.46. The Balaban J connectivity index is 1.55. The fourth-order valence-electron chi connectivity index (χ4n) is 5.87. The Morgan fingerprint density at radius 2 is 2.00 bits per heavy atom. The summed E-state index contributed by atoms with van der Waals surface area (Å²) in [6.45, 7) is 12.8. The minimum Gasteiger partial charge on any atom is -0.507 e. The highest BCUT2D eigenvalue weighted by molar-refractivity contribution is 6.06. The predicted octanol–water partition coefficient (Wildman–Crippen LogP) is 4.60. The van der Waals surface area contributed by atoms with E-state index in [1.165, 1.54) is 18.2 Å². The van der Waals surface area contributed by atoms with Crippen LogP contribution in [0.1, 0.15) is 42.3 Å². The van der Waals surface area contributed by atoms with Gasteiger partial charge in [-0.3, -0.25) is 14.7 Å². The summed E-state index contributed by atoms with van der Waals surface area (Å²) < 4.78 is 22.3. The second kappa shape index (κ2) is 9.71. The van der Waals surface area contributed by atoms with Crippen LogP contribution in [0.4, 0.5) is 15.9 Å². The van der Waals surface area contributed by atoms with Crippen molar-refractivity contribution in [1.29, 1.82) is 0 Å². The maximum Gasteiger partial charge on any atom is 0.246 e. The van der Waals surface area contributed by atoms with Crippen molar-refractivity contribution in [3.8, 4) is 17.0 Å². The van der Waals surface area contributed by atoms with Crippen molar-refractivity contribution < 1.29 is 19.0 Å². The number of amidine groups is 1. The summed E-state index contributed by atoms with van der Waals surface area (Å²) in [6, 6.07) is 8.31. The third-order valence-electron chi connectivity index (χ3n) is 7.86. The fraction of sp³-hybridized carbons (Fsp3) is 0.333. The molecule has 1 aromatic carbocycles. The molecular formula is C30H31FN6O3. The number of aryl methyl sites for hydroxylation is 2. The number of carbonyl (C=O) groups is 1. The molecule has 1 amide bonds. The minimum absolute atomic E-state index is 0.0468. The largest absolute Gasteiger partial charge is 0.507 e. The molecule has 0 spiro atoms. The first-order valence-corrected chi connectivity index (χ1v) is 13.4. The molecule has 206 valence electrons. The van der Waals surface area contributed by atoms with Gasteiger partial charge in [0.15, 0.2) is 5.82 Å². The van der Waals surface area contributed by atoms with E-state index in [0.29, 0.717) is 48.0 Å². The Morgan fingerprint density at radius 1 is 1.20 bits per heavy atom. The molecule has 10 heteroatoms. The average molecular weight is 543 g/mol. The van der Waals surface area contributed by atoms with E-state index in [-0.39, 0.29) is 29.5 Å². The monoisotopic (exact) mass is 542 g/mol. The number of rotatable bonds is 2. The Kier molecular flexibility index (Phi) is 6.29. The zero-order valence-corrected chi connectivity index (χ0v) is 22.9. The molecular weight excluding hydrogens is 511 g/mol. The fourth-order valence-corrected chi connectivity index (χ4v) is 5.87. The molecule has 3 aromatic rings. The highest BCUT2D eigenvalue weighted by Gasteiger charge is 2.42. The minimum atomic E-state index is -0.760. The van der Waals surface area contributed by atoms with E-state index in [2.05, 4.69) is 16.5 Å². The van der Waals surface area contributed by atoms with Crippen LogP contribution in [-0.2, 0) is 9.53 Å². The third kappa shape index (κ3) is 4.02. The van der Waals surface area contributed by atoms with Crippen LogP contribution < -0.4 is 4.90 Å². The number of piperazine rings is 1. The number of aromatic nitrogens is 2. The molecule has 3 atom stereocenters. The van der Waals surface area contributed by atoms with Crippen molar-refractivity contribution in [1.82, 2.24) is 19.8 Å². The molecule has 40 heavy (non-hydrogen) atoms. The number of nitrogens with zero attached hydrogens (tertiary/aromatic N) is 6. The summed E-state index contributed by atoms with van der Waals surface area (Å²) in [6.07, 6.45) is 1.97. The number of aliphatic imine (C=N–C) groups is 1. The molecule has 2 aromatic heterocycles. The number of phenols is 1. The lowest BCUT2D eigenvalue weighted by Crippen LogP contribution is -2.57. The second-order valence-electron chi connectivity index (χ2n) is 10.5. The molecule has 3 aliphatic rings. The summed E-state index contributed by atoms with van der Waals surface area (Å²) in [5.41, 5.74) is 4.12. The highest BCUT2D eigenvalue weighted by Crippen LogP contribution is 2.46. The summed E-state index contributed by atoms with van der Waals surface area (Å²) in [5, 5.41) is 10.7. The normalized spacial score (nSPS) is 21.8. The van der Waals surface area contributed by atoms with Gasteiger partial charge in [0.2, 0.25) is 12.3 Å². The molecule has 3 aliphatic heterocycles. The van der Waals surface area contributed by atoms with Crippen LogP contribution in [0.3, 0.4) is 0 Å². The molecule has 1 N–H and O–H groups in total. The molecule has 5 heterocycles. The summed E-state index contributed by atoms with van der Waals surface area (Å²) >= 11 is 0. The topological polar surface area (TPSA) is 94.4 Å². The van der Waals surface area contributed by atoms with Crippen molar-refractivity contribution in [2.45, 2.75) is 46.2 Å². The van der Waals surface area contributed by atoms with Gasteiger partial charge < -0.3 is 19.6 Å². The number of halogens is 1. The lowest BCUT2D eigenvalue weighted by atomic mass is 10.00. The van der Waals surface area contributed by atoms with Gasteiger partial charge in [-0.15, -0.1) is 0 Å². The first kappa shape index (κ1) is 25.9. The van der Waals surface area contributed by atoms with Crippen LogP contribution in [-0.4, -0.2) is 68.6 Å². The molecule has 6 rings (SSSR count). The van der Waals surface area contributed by atoms with Gasteiger partial charge in [-0.2, -0.15) is 0 Å². The standard InChI is InChI=1S/C30H31FN6O3/c1-6-23(39)35-12-13-36(18(4)15-35)28-20-14-21(31)26(24-16(2)8-7-9-22(24)38)33-29(20)37-27-17(3)10-11-32-25(27)19(5)40-30(37)34-28/h6-11,14,18-19,30,38H,1,12-13,15H2,2-5H3/t18-,19?,30?/m0/s1. The van der Waals surface area contributed by atoms with E-state index in [1.54, 1.807) is 17.2 Å². The lowest BCUT2D eigenvalue weighted by molar-refractivity contribution is -0.128. The van der Waals surface area contributed by atoms with Crippen molar-refractivity contribution >= 4 is 23.2 Å². The number of benzene rings is 1. The number of hydrogen-bond acceptors (Lipinski definition) is 8. The van der Waals surface area contributed by atoms with E-state index in [9.17, 15) is 9.90 Å². The van der Waals surface area contributed by atoms with Gasteiger partial charge in [0.1, 0.15) is 29.2 Å². The van der Waals surface area contributed by atoms with Crippen molar-refractivity contribution in [2.75, 3.05) is 24.5 Å². The molecule has 0 radical (unpaired) electrons. The molecule has 1 saturated heterocycles. The average Bonchev–Trinajstić information content (AvgIpc) is 2.92. The van der Waals surface area contributed by atoms with Gasteiger partial charge >= 0.3 is 0 Å². The third-order valence-corrected chi connectivity index (χ3v) is 7.86. The van der Waals surface area contributed by atoms with Crippen LogP contribution in [0.5, 0.6) is 5.75 Å². The van der Waals surface area contributed by atoms with E-state index in [0.717, 1.165) is 16.9 Å². The summed E-state index contributed by atoms with van der Waals surface area (Å²) in [4.78, 5) is 32.5. The predicted molar refractivity (Wildman–Crippen MR) is 150 cm³/mol. The quantitative estimate of drug-likeness (QED) is 0.473. The number of amides is 1. The second-order valence-corrected chi connectivity index (χ2v) is 10.5. The molecule has 2 unspecified atom stereocenters. The van der Waals surface area contributed by atoms with E-state index < -0.39 is 12.2 Å². The first-order valence-electron chi connectivity index (χ1n) is 13.4. The zero-order chi connectivity index (χ0) is 28.3. The van der Waals surface area contributed by atoms with Crippen molar-refractivity contribution in [3.05, 3.63) is 77.4 Å². The van der Waals surface area contributed by atoms with Gasteiger partial charge in [-0.1, -0.05) is 18.7 Å². The Labute approximate surface area is 232 Å². The number of aromatic hydroxyl groups is 1. The highest BCUT2D eigenvalue weighted by atomic mass is 19.1. The number of carbonyl (C=O) groups excluding carboxylic acids is 1. The maximum absolute atomic E-state index is 16.0.